The lowest BCUT2D eigenvalue weighted by atomic mass is 10.1. The zero-order valence-electron chi connectivity index (χ0n) is 15.1. The Hall–Kier alpha value is -4.08. The number of nitrogens with zero attached hydrogens (tertiary/aromatic N) is 4. The van der Waals surface area contributed by atoms with Crippen LogP contribution in [-0.2, 0) is 4.79 Å². The minimum atomic E-state index is -0.582. The summed E-state index contributed by atoms with van der Waals surface area (Å²) < 4.78 is 1.26. The fourth-order valence-corrected chi connectivity index (χ4v) is 2.81. The third-order valence-electron chi connectivity index (χ3n) is 4.44. The van der Waals surface area contributed by atoms with Crippen molar-refractivity contribution in [1.29, 1.82) is 0 Å². The highest BCUT2D eigenvalue weighted by Gasteiger charge is 2.29. The van der Waals surface area contributed by atoms with Crippen molar-refractivity contribution < 1.29 is 14.5 Å². The van der Waals surface area contributed by atoms with E-state index in [2.05, 4.69) is 20.7 Å². The molecule has 1 aliphatic carbocycles. The number of benzene rings is 2. The standard InChI is InChI=1S/C19H16N6O4/c26-18(12-4-5-12)22-14-2-1-3-15(9-14)23-19(27)13-6-7-16(17(8-13)25(28)29)24-11-20-10-21-24/h1-3,6-12H,4-5H2,(H,22,26)(H,23,27). The van der Waals surface area contributed by atoms with Crippen molar-refractivity contribution >= 4 is 28.9 Å². The van der Waals surface area contributed by atoms with Crippen LogP contribution in [0.5, 0.6) is 0 Å². The lowest BCUT2D eigenvalue weighted by Crippen LogP contribution is -2.15. The maximum absolute atomic E-state index is 12.6. The fraction of sp³-hybridized carbons (Fsp3) is 0.158. The van der Waals surface area contributed by atoms with Crippen molar-refractivity contribution in [3.8, 4) is 5.69 Å². The number of nitrogens with one attached hydrogen (secondary N) is 2. The van der Waals surface area contributed by atoms with Crippen LogP contribution in [0.15, 0.2) is 55.1 Å². The van der Waals surface area contributed by atoms with Crippen LogP contribution in [0.25, 0.3) is 5.69 Å². The highest BCUT2D eigenvalue weighted by atomic mass is 16.6. The van der Waals surface area contributed by atoms with E-state index in [0.717, 1.165) is 12.8 Å². The third kappa shape index (κ3) is 4.10. The summed E-state index contributed by atoms with van der Waals surface area (Å²) in [6.07, 6.45) is 4.39. The van der Waals surface area contributed by atoms with Gasteiger partial charge in [0.1, 0.15) is 18.3 Å². The van der Waals surface area contributed by atoms with Crippen molar-refractivity contribution in [2.24, 2.45) is 5.92 Å². The highest BCUT2D eigenvalue weighted by Crippen LogP contribution is 2.30. The van der Waals surface area contributed by atoms with Crippen LogP contribution in [0.4, 0.5) is 17.1 Å². The lowest BCUT2D eigenvalue weighted by Gasteiger charge is -2.09. The molecule has 1 fully saturated rings. The van der Waals surface area contributed by atoms with Crippen LogP contribution in [0, 0.1) is 16.0 Å². The molecule has 1 aromatic heterocycles. The molecule has 0 aliphatic heterocycles. The Bertz CT molecular complexity index is 1090. The largest absolute Gasteiger partial charge is 0.326 e. The van der Waals surface area contributed by atoms with Crippen LogP contribution in [0.1, 0.15) is 23.2 Å². The van der Waals surface area contributed by atoms with Gasteiger partial charge in [0.15, 0.2) is 0 Å². The predicted octanol–water partition coefficient (Wildman–Crippen LogP) is 2.78. The maximum atomic E-state index is 12.6. The smallest absolute Gasteiger partial charge is 0.295 e. The molecule has 2 aromatic carbocycles. The molecule has 10 nitrogen and oxygen atoms in total. The van der Waals surface area contributed by atoms with Crippen molar-refractivity contribution in [2.75, 3.05) is 10.6 Å². The summed E-state index contributed by atoms with van der Waals surface area (Å²) in [5.74, 6) is -0.478. The molecule has 1 heterocycles. The molecule has 2 N–H and O–H groups in total. The van der Waals surface area contributed by atoms with Crippen molar-refractivity contribution in [1.82, 2.24) is 14.8 Å². The number of amides is 2. The molecule has 0 atom stereocenters. The van der Waals surface area contributed by atoms with Gasteiger partial charge < -0.3 is 10.6 Å². The van der Waals surface area contributed by atoms with Crippen LogP contribution < -0.4 is 10.6 Å². The van der Waals surface area contributed by atoms with E-state index < -0.39 is 10.8 Å². The third-order valence-corrected chi connectivity index (χ3v) is 4.44. The van der Waals surface area contributed by atoms with Gasteiger partial charge in [0, 0.05) is 28.9 Å². The van der Waals surface area contributed by atoms with Gasteiger partial charge in [-0.15, -0.1) is 0 Å². The molecule has 1 aliphatic rings. The Morgan fingerprint density at radius 2 is 1.86 bits per heavy atom. The van der Waals surface area contributed by atoms with E-state index in [9.17, 15) is 19.7 Å². The molecule has 3 aromatic rings. The average Bonchev–Trinajstić information content (AvgIpc) is 3.42. The molecule has 0 unspecified atom stereocenters. The molecule has 0 saturated heterocycles. The summed E-state index contributed by atoms with van der Waals surface area (Å²) in [4.78, 5) is 39.1. The van der Waals surface area contributed by atoms with Crippen LogP contribution in [0.3, 0.4) is 0 Å². The molecule has 0 spiro atoms. The molecule has 146 valence electrons. The Labute approximate surface area is 164 Å². The quantitative estimate of drug-likeness (QED) is 0.490. The minimum absolute atomic E-state index is 0.0344. The summed E-state index contributed by atoms with van der Waals surface area (Å²) >= 11 is 0. The molecule has 1 saturated carbocycles. The normalized spacial score (nSPS) is 13.0. The Morgan fingerprint density at radius 1 is 1.10 bits per heavy atom. The van der Waals surface area contributed by atoms with Gasteiger partial charge in [-0.1, -0.05) is 6.07 Å². The summed E-state index contributed by atoms with van der Waals surface area (Å²) in [6.45, 7) is 0. The number of rotatable bonds is 6. The first kappa shape index (κ1) is 18.3. The number of anilines is 2. The van der Waals surface area contributed by atoms with Gasteiger partial charge in [-0.25, -0.2) is 9.67 Å². The number of carbonyl (C=O) groups excluding carboxylic acids is 2. The van der Waals surface area contributed by atoms with E-state index in [-0.39, 0.29) is 28.8 Å². The van der Waals surface area contributed by atoms with Gasteiger partial charge in [0.05, 0.1) is 4.92 Å². The van der Waals surface area contributed by atoms with Gasteiger partial charge in [-0.2, -0.15) is 5.10 Å². The van der Waals surface area contributed by atoms with E-state index in [1.54, 1.807) is 24.3 Å². The monoisotopic (exact) mass is 392 g/mol. The van der Waals surface area contributed by atoms with Crippen molar-refractivity contribution in [3.05, 3.63) is 70.8 Å². The zero-order valence-corrected chi connectivity index (χ0v) is 15.1. The zero-order chi connectivity index (χ0) is 20.4. The summed E-state index contributed by atoms with van der Waals surface area (Å²) in [7, 11) is 0. The Balaban J connectivity index is 1.53. The molecule has 0 radical (unpaired) electrons. The molecule has 10 heteroatoms. The van der Waals surface area contributed by atoms with Crippen LogP contribution in [-0.4, -0.2) is 31.5 Å². The van der Waals surface area contributed by atoms with Crippen molar-refractivity contribution in [2.45, 2.75) is 12.8 Å². The Kier molecular flexibility index (Phi) is 4.73. The minimum Gasteiger partial charge on any atom is -0.326 e. The number of carbonyl (C=O) groups is 2. The van der Waals surface area contributed by atoms with E-state index in [1.165, 1.54) is 35.5 Å². The van der Waals surface area contributed by atoms with E-state index >= 15 is 0 Å². The lowest BCUT2D eigenvalue weighted by molar-refractivity contribution is -0.384. The topological polar surface area (TPSA) is 132 Å². The number of hydrogen-bond donors (Lipinski definition) is 2. The Morgan fingerprint density at radius 3 is 2.52 bits per heavy atom. The second-order valence-electron chi connectivity index (χ2n) is 6.60. The van der Waals surface area contributed by atoms with Gasteiger partial charge in [0.2, 0.25) is 5.91 Å². The first-order valence-electron chi connectivity index (χ1n) is 8.87. The molecule has 29 heavy (non-hydrogen) atoms. The number of hydrogen-bond acceptors (Lipinski definition) is 6. The summed E-state index contributed by atoms with van der Waals surface area (Å²) in [6, 6.07) is 10.8. The van der Waals surface area contributed by atoms with E-state index in [1.807, 2.05) is 0 Å². The molecule has 2 amide bonds. The molecular formula is C19H16N6O4. The van der Waals surface area contributed by atoms with E-state index in [0.29, 0.717) is 11.4 Å². The molecule has 4 rings (SSSR count). The second-order valence-corrected chi connectivity index (χ2v) is 6.60. The number of nitro groups is 1. The van der Waals surface area contributed by atoms with Gasteiger partial charge in [0.25, 0.3) is 11.6 Å². The van der Waals surface area contributed by atoms with E-state index in [4.69, 9.17) is 0 Å². The summed E-state index contributed by atoms with van der Waals surface area (Å²) in [5, 5.41) is 20.8. The van der Waals surface area contributed by atoms with Gasteiger partial charge >= 0.3 is 0 Å². The van der Waals surface area contributed by atoms with Crippen molar-refractivity contribution in [3.63, 3.8) is 0 Å². The average molecular weight is 392 g/mol. The highest BCUT2D eigenvalue weighted by molar-refractivity contribution is 6.05. The van der Waals surface area contributed by atoms with Crippen LogP contribution >= 0.6 is 0 Å². The molecular weight excluding hydrogens is 376 g/mol. The number of nitro benzene ring substituents is 1. The molecule has 0 bridgehead atoms. The van der Waals surface area contributed by atoms with Gasteiger partial charge in [-0.05, 0) is 43.2 Å². The van der Waals surface area contributed by atoms with Gasteiger partial charge in [-0.3, -0.25) is 19.7 Å². The summed E-state index contributed by atoms with van der Waals surface area (Å²) in [5.41, 5.74) is 1.09. The fourth-order valence-electron chi connectivity index (χ4n) is 2.81. The first-order chi connectivity index (χ1) is 14.0. The SMILES string of the molecule is O=C(Nc1cccc(NC(=O)C2CC2)c1)c1ccc(-n2cncn2)c([N+](=O)[O-])c1. The second kappa shape index (κ2) is 7.50. The number of aromatic nitrogens is 3. The van der Waals surface area contributed by atoms with Crippen LogP contribution in [0.2, 0.25) is 0 Å². The maximum Gasteiger partial charge on any atom is 0.295 e. The predicted molar refractivity (Wildman–Crippen MR) is 104 cm³/mol. The first-order valence-corrected chi connectivity index (χ1v) is 8.87.